The zero-order chi connectivity index (χ0) is 17.2. The van der Waals surface area contributed by atoms with Gasteiger partial charge < -0.3 is 25.7 Å². The molecule has 6 N–H and O–H groups in total. The summed E-state index contributed by atoms with van der Waals surface area (Å²) >= 11 is 0. The van der Waals surface area contributed by atoms with Crippen LogP contribution in [0.2, 0.25) is 0 Å². The maximum Gasteiger partial charge on any atom is 0.573 e. The molecule has 1 aromatic carbocycles. The molecule has 126 valence electrons. The van der Waals surface area contributed by atoms with E-state index in [-0.39, 0.29) is 12.2 Å². The van der Waals surface area contributed by atoms with Crippen LogP contribution in [0.5, 0.6) is 5.75 Å². The number of carboxylic acid groups (broad SMARTS) is 1. The van der Waals surface area contributed by atoms with Gasteiger partial charge in [0.1, 0.15) is 11.9 Å². The Hall–Kier alpha value is -2.62. The van der Waals surface area contributed by atoms with Crippen molar-refractivity contribution in [1.82, 2.24) is 5.43 Å². The third-order valence-electron chi connectivity index (χ3n) is 3.20. The fraction of sp³-hybridized carbons (Fsp3) is 0.308. The first-order chi connectivity index (χ1) is 10.7. The van der Waals surface area contributed by atoms with E-state index in [9.17, 15) is 18.0 Å². The molecule has 0 heterocycles. The molecule has 0 amide bonds. The van der Waals surface area contributed by atoms with E-state index in [0.717, 1.165) is 5.56 Å². The number of ether oxygens (including phenoxy) is 2. The maximum atomic E-state index is 12.2. The zero-order valence-corrected chi connectivity index (χ0v) is 11.7. The van der Waals surface area contributed by atoms with Crippen molar-refractivity contribution in [3.05, 3.63) is 40.9 Å². The van der Waals surface area contributed by atoms with Gasteiger partial charge in [0.25, 0.3) is 0 Å². The van der Waals surface area contributed by atoms with Gasteiger partial charge in [0, 0.05) is 12.8 Å². The summed E-state index contributed by atoms with van der Waals surface area (Å²) in [7, 11) is 0. The van der Waals surface area contributed by atoms with Crippen LogP contribution in [0.25, 0.3) is 0 Å². The lowest BCUT2D eigenvalue weighted by Gasteiger charge is -2.14. The molecular formula is C13H14F3N3O4. The highest BCUT2D eigenvalue weighted by Crippen LogP contribution is 2.31. The van der Waals surface area contributed by atoms with Crippen molar-refractivity contribution in [3.63, 3.8) is 0 Å². The molecule has 23 heavy (non-hydrogen) atoms. The number of hydrogen-bond donors (Lipinski definition) is 4. The molecule has 0 aliphatic heterocycles. The number of carboxylic acids is 1. The Kier molecular flexibility index (Phi) is 4.55. The van der Waals surface area contributed by atoms with E-state index in [1.807, 2.05) is 5.43 Å². The van der Waals surface area contributed by atoms with E-state index in [2.05, 4.69) is 4.74 Å². The molecule has 1 aromatic rings. The van der Waals surface area contributed by atoms with E-state index in [1.165, 1.54) is 18.2 Å². The molecule has 1 atom stereocenters. The number of halogens is 3. The number of hydrogen-bond acceptors (Lipinski definition) is 6. The van der Waals surface area contributed by atoms with Gasteiger partial charge >= 0.3 is 12.3 Å². The summed E-state index contributed by atoms with van der Waals surface area (Å²) in [6, 6.07) is 3.97. The van der Waals surface area contributed by atoms with E-state index in [0.29, 0.717) is 12.0 Å². The quantitative estimate of drug-likeness (QED) is 0.271. The van der Waals surface area contributed by atoms with Gasteiger partial charge in [0.15, 0.2) is 5.70 Å². The van der Waals surface area contributed by atoms with Crippen LogP contribution >= 0.6 is 0 Å². The largest absolute Gasteiger partial charge is 0.573 e. The number of fused-ring (bicyclic) bond motifs is 1. The van der Waals surface area contributed by atoms with Crippen molar-refractivity contribution in [1.29, 1.82) is 0 Å². The van der Waals surface area contributed by atoms with Crippen LogP contribution in [-0.2, 0) is 22.4 Å². The van der Waals surface area contributed by atoms with Gasteiger partial charge in [-0.25, -0.2) is 4.79 Å². The Bertz CT molecular complexity index is 646. The molecule has 7 nitrogen and oxygen atoms in total. The molecule has 0 bridgehead atoms. The summed E-state index contributed by atoms with van der Waals surface area (Å²) < 4.78 is 45.8. The zero-order valence-electron chi connectivity index (χ0n) is 11.7. The summed E-state index contributed by atoms with van der Waals surface area (Å²) in [5.41, 5.74) is 8.32. The SMILES string of the molecule is NN/C(C(=O)O)=C(\N)OC1Cc2ccc(OC(F)(F)F)cc2C1. The van der Waals surface area contributed by atoms with Crippen molar-refractivity contribution in [2.75, 3.05) is 0 Å². The highest BCUT2D eigenvalue weighted by atomic mass is 19.4. The fourth-order valence-corrected chi connectivity index (χ4v) is 2.31. The van der Waals surface area contributed by atoms with E-state index in [1.54, 1.807) is 0 Å². The van der Waals surface area contributed by atoms with Crippen LogP contribution in [0.15, 0.2) is 29.8 Å². The van der Waals surface area contributed by atoms with Crippen LogP contribution in [0, 0.1) is 0 Å². The highest BCUT2D eigenvalue weighted by molar-refractivity contribution is 5.86. The van der Waals surface area contributed by atoms with Crippen LogP contribution in [0.1, 0.15) is 11.1 Å². The van der Waals surface area contributed by atoms with Crippen molar-refractivity contribution in [3.8, 4) is 5.75 Å². The average Bonchev–Trinajstić information content (AvgIpc) is 2.78. The number of alkyl halides is 3. The highest BCUT2D eigenvalue weighted by Gasteiger charge is 2.32. The topological polar surface area (TPSA) is 120 Å². The van der Waals surface area contributed by atoms with Crippen molar-refractivity contribution in [2.45, 2.75) is 25.3 Å². The summed E-state index contributed by atoms with van der Waals surface area (Å²) in [6.07, 6.45) is -4.63. The smallest absolute Gasteiger partial charge is 0.476 e. The first-order valence-corrected chi connectivity index (χ1v) is 6.43. The normalized spacial score (nSPS) is 18.0. The third kappa shape index (κ3) is 4.19. The van der Waals surface area contributed by atoms with Crippen LogP contribution < -0.4 is 21.7 Å². The maximum absolute atomic E-state index is 12.2. The second-order valence-corrected chi connectivity index (χ2v) is 4.82. The molecule has 0 fully saturated rings. The molecular weight excluding hydrogens is 319 g/mol. The number of benzene rings is 1. The van der Waals surface area contributed by atoms with Gasteiger partial charge in [-0.05, 0) is 23.3 Å². The Morgan fingerprint density at radius 2 is 1.96 bits per heavy atom. The van der Waals surface area contributed by atoms with E-state index < -0.39 is 30.0 Å². The van der Waals surface area contributed by atoms with Gasteiger partial charge in [-0.1, -0.05) is 6.07 Å². The van der Waals surface area contributed by atoms with Gasteiger partial charge in [0.05, 0.1) is 0 Å². The molecule has 1 unspecified atom stereocenters. The molecule has 1 aliphatic rings. The lowest BCUT2D eigenvalue weighted by atomic mass is 10.1. The fourth-order valence-electron chi connectivity index (χ4n) is 2.31. The number of nitrogens with one attached hydrogen (secondary N) is 1. The lowest BCUT2D eigenvalue weighted by molar-refractivity contribution is -0.274. The lowest BCUT2D eigenvalue weighted by Crippen LogP contribution is -2.32. The predicted molar refractivity (Wildman–Crippen MR) is 71.6 cm³/mol. The number of hydrazine groups is 1. The van der Waals surface area contributed by atoms with Crippen LogP contribution in [0.4, 0.5) is 13.2 Å². The van der Waals surface area contributed by atoms with Gasteiger partial charge in [-0.15, -0.1) is 13.2 Å². The van der Waals surface area contributed by atoms with E-state index in [4.69, 9.17) is 21.4 Å². The molecule has 0 saturated carbocycles. The Balaban J connectivity index is 2.09. The van der Waals surface area contributed by atoms with E-state index >= 15 is 0 Å². The first kappa shape index (κ1) is 16.7. The molecule has 0 radical (unpaired) electrons. The number of carbonyl (C=O) groups is 1. The van der Waals surface area contributed by atoms with Crippen molar-refractivity contribution in [2.24, 2.45) is 11.6 Å². The Labute approximate surface area is 128 Å². The summed E-state index contributed by atoms with van der Waals surface area (Å²) in [6.45, 7) is 0. The summed E-state index contributed by atoms with van der Waals surface area (Å²) in [5.74, 6) is 2.93. The molecule has 1 aliphatic carbocycles. The second-order valence-electron chi connectivity index (χ2n) is 4.82. The minimum absolute atomic E-state index is 0.266. The summed E-state index contributed by atoms with van der Waals surface area (Å²) in [4.78, 5) is 10.9. The van der Waals surface area contributed by atoms with Gasteiger partial charge in [-0.2, -0.15) is 0 Å². The van der Waals surface area contributed by atoms with Gasteiger partial charge in [0.2, 0.25) is 5.88 Å². The van der Waals surface area contributed by atoms with Crippen LogP contribution in [-0.4, -0.2) is 23.5 Å². The molecule has 10 heteroatoms. The molecule has 0 saturated heterocycles. The standard InChI is InChI=1S/C13H14F3N3O4/c14-13(15,16)23-8-2-1-6-3-9(5-7(6)4-8)22-11(17)10(19-18)12(20)21/h1-2,4,9,19H,3,5,17-18H2,(H,20,21)/b11-10+. The Morgan fingerprint density at radius 1 is 1.30 bits per heavy atom. The van der Waals surface area contributed by atoms with Crippen molar-refractivity contribution < 1.29 is 32.5 Å². The molecule has 2 rings (SSSR count). The predicted octanol–water partition coefficient (Wildman–Crippen LogP) is 0.745. The molecule has 0 spiro atoms. The number of aliphatic carboxylic acids is 1. The number of nitrogens with two attached hydrogens (primary N) is 2. The monoisotopic (exact) mass is 333 g/mol. The first-order valence-electron chi connectivity index (χ1n) is 6.43. The third-order valence-corrected chi connectivity index (χ3v) is 3.20. The minimum Gasteiger partial charge on any atom is -0.476 e. The average molecular weight is 333 g/mol. The van der Waals surface area contributed by atoms with Crippen LogP contribution in [0.3, 0.4) is 0 Å². The molecule has 0 aromatic heterocycles. The minimum atomic E-state index is -4.76. The van der Waals surface area contributed by atoms with Gasteiger partial charge in [-0.3, -0.25) is 5.84 Å². The Morgan fingerprint density at radius 3 is 2.52 bits per heavy atom. The second kappa shape index (κ2) is 6.24. The van der Waals surface area contributed by atoms with Crippen molar-refractivity contribution >= 4 is 5.97 Å². The summed E-state index contributed by atoms with van der Waals surface area (Å²) in [5, 5.41) is 8.85. The number of rotatable bonds is 5.